The highest BCUT2D eigenvalue weighted by Crippen LogP contribution is 2.34. The summed E-state index contributed by atoms with van der Waals surface area (Å²) in [7, 11) is -4.35. The quantitative estimate of drug-likeness (QED) is 0.365. The molecule has 0 radical (unpaired) electrons. The van der Waals surface area contributed by atoms with Crippen molar-refractivity contribution in [2.75, 3.05) is 30.6 Å². The Labute approximate surface area is 239 Å². The summed E-state index contributed by atoms with van der Waals surface area (Å²) < 4.78 is 53.9. The Morgan fingerprint density at radius 3 is 2.32 bits per heavy atom. The summed E-state index contributed by atoms with van der Waals surface area (Å²) in [5, 5.41) is 2.78. The topological polar surface area (TPSA) is 105 Å². The zero-order valence-corrected chi connectivity index (χ0v) is 24.1. The molecule has 0 spiro atoms. The molecule has 9 nitrogen and oxygen atoms in total. The standard InChI is InChI=1S/C30H34FN3O6S/c1-4-26(30(36)32-5-2)33(19-22-9-7-6-8-21(22)3)29(35)20-34(24-12-10-23(31)11-13-24)41(37,38)25-14-15-27-28(18-25)40-17-16-39-27/h6-15,18,26H,4-5,16-17,19-20H2,1-3H3,(H,32,36)/t26-/m1/s1. The molecule has 0 fully saturated rings. The third kappa shape index (κ3) is 6.79. The number of rotatable bonds is 11. The molecule has 218 valence electrons. The molecule has 0 bridgehead atoms. The Morgan fingerprint density at radius 1 is 0.976 bits per heavy atom. The van der Waals surface area contributed by atoms with Crippen LogP contribution in [-0.4, -0.2) is 57.5 Å². The number of fused-ring (bicyclic) bond motifs is 1. The van der Waals surface area contributed by atoms with Gasteiger partial charge in [-0.3, -0.25) is 13.9 Å². The second kappa shape index (κ2) is 13.0. The number of likely N-dealkylation sites (N-methyl/N-ethyl adjacent to an activating group) is 1. The number of halogens is 1. The largest absolute Gasteiger partial charge is 0.486 e. The Bertz CT molecular complexity index is 1500. The molecule has 3 aromatic rings. The Kier molecular flexibility index (Phi) is 9.49. The molecule has 1 heterocycles. The molecule has 1 N–H and O–H groups in total. The van der Waals surface area contributed by atoms with Gasteiger partial charge >= 0.3 is 0 Å². The predicted octanol–water partition coefficient (Wildman–Crippen LogP) is 4.04. The summed E-state index contributed by atoms with van der Waals surface area (Å²) in [6.45, 7) is 5.95. The van der Waals surface area contributed by atoms with E-state index in [0.29, 0.717) is 25.3 Å². The first kappa shape index (κ1) is 29.9. The van der Waals surface area contributed by atoms with Crippen molar-refractivity contribution in [3.63, 3.8) is 0 Å². The van der Waals surface area contributed by atoms with E-state index in [1.807, 2.05) is 31.2 Å². The Balaban J connectivity index is 1.75. The van der Waals surface area contributed by atoms with Gasteiger partial charge in [-0.1, -0.05) is 31.2 Å². The van der Waals surface area contributed by atoms with Gasteiger partial charge < -0.3 is 19.7 Å². The number of aryl methyl sites for hydroxylation is 1. The maximum atomic E-state index is 14.1. The second-order valence-electron chi connectivity index (χ2n) is 9.56. The zero-order valence-electron chi connectivity index (χ0n) is 23.3. The highest BCUT2D eigenvalue weighted by Gasteiger charge is 2.34. The normalized spacial score (nSPS) is 13.3. The third-order valence-corrected chi connectivity index (χ3v) is 8.60. The number of carbonyl (C=O) groups is 2. The summed E-state index contributed by atoms with van der Waals surface area (Å²) in [5.74, 6) is -0.792. The number of benzene rings is 3. The fraction of sp³-hybridized carbons (Fsp3) is 0.333. The van der Waals surface area contributed by atoms with E-state index in [1.165, 1.54) is 35.2 Å². The van der Waals surface area contributed by atoms with E-state index in [1.54, 1.807) is 13.8 Å². The van der Waals surface area contributed by atoms with Gasteiger partial charge in [-0.25, -0.2) is 12.8 Å². The van der Waals surface area contributed by atoms with E-state index < -0.39 is 34.3 Å². The average molecular weight is 584 g/mol. The van der Waals surface area contributed by atoms with Crippen LogP contribution in [0, 0.1) is 12.7 Å². The SMILES string of the molecule is CCNC(=O)[C@@H](CC)N(Cc1ccccc1C)C(=O)CN(c1ccc(F)cc1)S(=O)(=O)c1ccc2c(c1)OCCO2. The van der Waals surface area contributed by atoms with Crippen molar-refractivity contribution in [3.8, 4) is 11.5 Å². The van der Waals surface area contributed by atoms with Crippen molar-refractivity contribution in [1.82, 2.24) is 10.2 Å². The van der Waals surface area contributed by atoms with Gasteiger partial charge in [0.25, 0.3) is 10.0 Å². The fourth-order valence-electron chi connectivity index (χ4n) is 4.63. The number of amides is 2. The summed E-state index contributed by atoms with van der Waals surface area (Å²) in [6.07, 6.45) is 0.314. The number of sulfonamides is 1. The summed E-state index contributed by atoms with van der Waals surface area (Å²) in [5.41, 5.74) is 1.85. The van der Waals surface area contributed by atoms with E-state index in [-0.39, 0.29) is 35.4 Å². The van der Waals surface area contributed by atoms with Crippen LogP contribution >= 0.6 is 0 Å². The molecule has 0 aromatic heterocycles. The lowest BCUT2D eigenvalue weighted by molar-refractivity contribution is -0.140. The number of hydrogen-bond donors (Lipinski definition) is 1. The lowest BCUT2D eigenvalue weighted by atomic mass is 10.1. The van der Waals surface area contributed by atoms with Crippen LogP contribution in [-0.2, 0) is 26.2 Å². The van der Waals surface area contributed by atoms with Crippen LogP contribution in [0.4, 0.5) is 10.1 Å². The van der Waals surface area contributed by atoms with E-state index in [2.05, 4.69) is 5.32 Å². The molecule has 11 heteroatoms. The van der Waals surface area contributed by atoms with E-state index in [0.717, 1.165) is 27.6 Å². The maximum Gasteiger partial charge on any atom is 0.264 e. The van der Waals surface area contributed by atoms with Crippen molar-refractivity contribution >= 4 is 27.5 Å². The number of nitrogens with one attached hydrogen (secondary N) is 1. The van der Waals surface area contributed by atoms with Crippen LogP contribution in [0.3, 0.4) is 0 Å². The Hall–Kier alpha value is -4.12. The number of ether oxygens (including phenoxy) is 2. The van der Waals surface area contributed by atoms with Crippen molar-refractivity contribution in [2.24, 2.45) is 0 Å². The van der Waals surface area contributed by atoms with Crippen LogP contribution < -0.4 is 19.1 Å². The van der Waals surface area contributed by atoms with Gasteiger partial charge in [0, 0.05) is 19.2 Å². The number of nitrogens with zero attached hydrogens (tertiary/aromatic N) is 2. The fourth-order valence-corrected chi connectivity index (χ4v) is 6.06. The molecular formula is C30H34FN3O6S. The third-order valence-electron chi connectivity index (χ3n) is 6.83. The van der Waals surface area contributed by atoms with Crippen molar-refractivity contribution in [3.05, 3.63) is 83.7 Å². The molecule has 0 aliphatic carbocycles. The van der Waals surface area contributed by atoms with Crippen LogP contribution in [0.2, 0.25) is 0 Å². The highest BCUT2D eigenvalue weighted by molar-refractivity contribution is 7.92. The molecule has 1 aliphatic rings. The first-order valence-electron chi connectivity index (χ1n) is 13.4. The van der Waals surface area contributed by atoms with E-state index in [9.17, 15) is 22.4 Å². The van der Waals surface area contributed by atoms with Gasteiger partial charge in [0.2, 0.25) is 11.8 Å². The van der Waals surface area contributed by atoms with Crippen LogP contribution in [0.1, 0.15) is 31.4 Å². The number of anilines is 1. The van der Waals surface area contributed by atoms with Crippen molar-refractivity contribution in [1.29, 1.82) is 0 Å². The lowest BCUT2D eigenvalue weighted by Gasteiger charge is -2.33. The van der Waals surface area contributed by atoms with E-state index >= 15 is 0 Å². The molecule has 1 atom stereocenters. The summed E-state index contributed by atoms with van der Waals surface area (Å²) in [6, 6.07) is 15.7. The second-order valence-corrected chi connectivity index (χ2v) is 11.4. The summed E-state index contributed by atoms with van der Waals surface area (Å²) in [4.78, 5) is 28.4. The van der Waals surface area contributed by atoms with Gasteiger partial charge in [0.1, 0.15) is 31.6 Å². The number of hydrogen-bond acceptors (Lipinski definition) is 6. The Morgan fingerprint density at radius 2 is 1.66 bits per heavy atom. The minimum atomic E-state index is -4.35. The first-order chi connectivity index (χ1) is 19.6. The molecule has 3 aromatic carbocycles. The molecule has 0 saturated carbocycles. The highest BCUT2D eigenvalue weighted by atomic mass is 32.2. The van der Waals surface area contributed by atoms with Crippen LogP contribution in [0.15, 0.2) is 71.6 Å². The van der Waals surface area contributed by atoms with Gasteiger partial charge in [0.15, 0.2) is 11.5 Å². The number of carbonyl (C=O) groups excluding carboxylic acids is 2. The van der Waals surface area contributed by atoms with Gasteiger partial charge in [-0.2, -0.15) is 0 Å². The smallest absolute Gasteiger partial charge is 0.264 e. The molecule has 41 heavy (non-hydrogen) atoms. The minimum Gasteiger partial charge on any atom is -0.486 e. The predicted molar refractivity (Wildman–Crippen MR) is 153 cm³/mol. The first-order valence-corrected chi connectivity index (χ1v) is 14.9. The van der Waals surface area contributed by atoms with Crippen LogP contribution in [0.25, 0.3) is 0 Å². The molecule has 0 unspecified atom stereocenters. The molecule has 0 saturated heterocycles. The van der Waals surface area contributed by atoms with Gasteiger partial charge in [-0.05, 0) is 67.8 Å². The van der Waals surface area contributed by atoms with Crippen LogP contribution in [0.5, 0.6) is 11.5 Å². The lowest BCUT2D eigenvalue weighted by Crippen LogP contribution is -2.52. The zero-order chi connectivity index (χ0) is 29.6. The van der Waals surface area contributed by atoms with E-state index in [4.69, 9.17) is 9.47 Å². The van der Waals surface area contributed by atoms with Gasteiger partial charge in [-0.15, -0.1) is 0 Å². The maximum absolute atomic E-state index is 14.1. The molecule has 4 rings (SSSR count). The van der Waals surface area contributed by atoms with Gasteiger partial charge in [0.05, 0.1) is 10.6 Å². The van der Waals surface area contributed by atoms with Crippen molar-refractivity contribution in [2.45, 2.75) is 44.7 Å². The minimum absolute atomic E-state index is 0.0940. The summed E-state index contributed by atoms with van der Waals surface area (Å²) >= 11 is 0. The molecule has 1 aliphatic heterocycles. The monoisotopic (exact) mass is 583 g/mol. The molecule has 2 amide bonds. The average Bonchev–Trinajstić information content (AvgIpc) is 2.97. The van der Waals surface area contributed by atoms with Crippen molar-refractivity contribution < 1.29 is 31.9 Å². The molecular weight excluding hydrogens is 549 g/mol.